The van der Waals surface area contributed by atoms with E-state index in [0.29, 0.717) is 31.6 Å². The van der Waals surface area contributed by atoms with Crippen LogP contribution in [0.2, 0.25) is 0 Å². The Morgan fingerprint density at radius 1 is 1.31 bits per heavy atom. The predicted octanol–water partition coefficient (Wildman–Crippen LogP) is 3.00. The Balaban J connectivity index is 1.65. The van der Waals surface area contributed by atoms with Crippen LogP contribution in [0.15, 0.2) is 39.8 Å². The summed E-state index contributed by atoms with van der Waals surface area (Å²) in [6.07, 6.45) is 2.25. The Bertz CT molecular complexity index is 921. The highest BCUT2D eigenvalue weighted by Crippen LogP contribution is 2.28. The lowest BCUT2D eigenvalue weighted by atomic mass is 9.95. The molecule has 0 radical (unpaired) electrons. The van der Waals surface area contributed by atoms with Gasteiger partial charge in [-0.3, -0.25) is 4.79 Å². The molecule has 1 saturated heterocycles. The molecule has 2 atom stereocenters. The maximum absolute atomic E-state index is 13.0. The van der Waals surface area contributed by atoms with Crippen LogP contribution in [0.3, 0.4) is 0 Å². The molecule has 3 rings (SSSR count). The van der Waals surface area contributed by atoms with Gasteiger partial charge < -0.3 is 9.84 Å². The summed E-state index contributed by atoms with van der Waals surface area (Å²) in [6, 6.07) is 10.1. The number of carbonyl (C=O) groups is 1. The van der Waals surface area contributed by atoms with Gasteiger partial charge in [0.15, 0.2) is 5.76 Å². The third kappa shape index (κ3) is 4.70. The first-order valence-corrected chi connectivity index (χ1v) is 11.5. The van der Waals surface area contributed by atoms with Crippen molar-refractivity contribution in [3.63, 3.8) is 0 Å². The molecule has 1 aliphatic heterocycles. The zero-order chi connectivity index (χ0) is 21.0. The van der Waals surface area contributed by atoms with Crippen molar-refractivity contribution in [2.75, 3.05) is 19.6 Å². The van der Waals surface area contributed by atoms with Gasteiger partial charge in [-0.05, 0) is 38.7 Å². The van der Waals surface area contributed by atoms with Gasteiger partial charge in [0.2, 0.25) is 15.9 Å². The molecule has 0 unspecified atom stereocenters. The molecule has 1 N–H and O–H groups in total. The van der Waals surface area contributed by atoms with Gasteiger partial charge in [-0.2, -0.15) is 4.31 Å². The van der Waals surface area contributed by atoms with E-state index < -0.39 is 10.0 Å². The summed E-state index contributed by atoms with van der Waals surface area (Å²) in [4.78, 5) is 12.9. The third-order valence-corrected chi connectivity index (χ3v) is 7.72. The molecule has 1 aromatic heterocycles. The molecule has 0 spiro atoms. The first kappa shape index (κ1) is 21.5. The summed E-state index contributed by atoms with van der Waals surface area (Å²) in [5.41, 5.74) is 1.55. The van der Waals surface area contributed by atoms with Gasteiger partial charge in [-0.1, -0.05) is 42.4 Å². The van der Waals surface area contributed by atoms with Gasteiger partial charge in [0.05, 0.1) is 5.92 Å². The molecule has 1 amide bonds. The highest BCUT2D eigenvalue weighted by atomic mass is 32.2. The molecule has 1 aliphatic rings. The lowest BCUT2D eigenvalue weighted by Crippen LogP contribution is -2.46. The number of amides is 1. The molecular weight excluding hydrogens is 390 g/mol. The summed E-state index contributed by atoms with van der Waals surface area (Å²) >= 11 is 0. The molecule has 0 aliphatic carbocycles. The van der Waals surface area contributed by atoms with Crippen LogP contribution in [-0.2, 0) is 14.8 Å². The van der Waals surface area contributed by atoms with E-state index in [0.717, 1.165) is 6.42 Å². The Kier molecular flexibility index (Phi) is 6.74. The van der Waals surface area contributed by atoms with Gasteiger partial charge >= 0.3 is 0 Å². The third-order valence-electron chi connectivity index (χ3n) is 5.61. The van der Waals surface area contributed by atoms with E-state index in [-0.39, 0.29) is 34.9 Å². The number of sulfonamides is 1. The largest absolute Gasteiger partial charge is 0.360 e. The topological polar surface area (TPSA) is 92.5 Å². The van der Waals surface area contributed by atoms with Crippen LogP contribution in [0.25, 0.3) is 0 Å². The van der Waals surface area contributed by atoms with Crippen molar-refractivity contribution in [3.8, 4) is 0 Å². The number of hydrogen-bond acceptors (Lipinski definition) is 5. The minimum atomic E-state index is -3.73. The van der Waals surface area contributed by atoms with E-state index >= 15 is 0 Å². The van der Waals surface area contributed by atoms with Crippen LogP contribution in [0, 0.1) is 19.8 Å². The van der Waals surface area contributed by atoms with Gasteiger partial charge in [-0.25, -0.2) is 8.42 Å². The fraction of sp³-hybridized carbons (Fsp3) is 0.524. The lowest BCUT2D eigenvalue weighted by molar-refractivity contribution is -0.126. The minimum absolute atomic E-state index is 0.0851. The van der Waals surface area contributed by atoms with Crippen molar-refractivity contribution in [3.05, 3.63) is 47.3 Å². The molecule has 8 heteroatoms. The van der Waals surface area contributed by atoms with Gasteiger partial charge in [0, 0.05) is 25.6 Å². The van der Waals surface area contributed by atoms with Crippen molar-refractivity contribution >= 4 is 15.9 Å². The monoisotopic (exact) mass is 419 g/mol. The quantitative estimate of drug-likeness (QED) is 0.745. The summed E-state index contributed by atoms with van der Waals surface area (Å²) in [7, 11) is -3.73. The van der Waals surface area contributed by atoms with Crippen LogP contribution >= 0.6 is 0 Å². The van der Waals surface area contributed by atoms with Crippen LogP contribution < -0.4 is 5.32 Å². The molecular formula is C21H29N3O4S. The van der Waals surface area contributed by atoms with Gasteiger partial charge in [0.25, 0.3) is 0 Å². The van der Waals surface area contributed by atoms with Crippen LogP contribution in [0.5, 0.6) is 0 Å². The van der Waals surface area contributed by atoms with E-state index in [1.165, 1.54) is 9.87 Å². The number of carbonyl (C=O) groups excluding carboxylic acids is 1. The average Bonchev–Trinajstić information content (AvgIpc) is 3.08. The standard InChI is InChI=1S/C21H29N3O4S/c1-4-17(18-9-6-5-7-10-18)13-22-21(25)19-11-8-12-24(14-19)29(26,27)20-15(2)23-28-16(20)3/h5-7,9-10,17,19H,4,8,11-14H2,1-3H3,(H,22,25)/t17-,19+/m1/s1. The minimum Gasteiger partial charge on any atom is -0.360 e. The zero-order valence-corrected chi connectivity index (χ0v) is 18.0. The molecule has 158 valence electrons. The SMILES string of the molecule is CC[C@H](CNC(=O)[C@H]1CCCN(S(=O)(=O)c2c(C)noc2C)C1)c1ccccc1. The van der Waals surface area contributed by atoms with Crippen molar-refractivity contribution in [1.82, 2.24) is 14.8 Å². The van der Waals surface area contributed by atoms with E-state index in [9.17, 15) is 13.2 Å². The Morgan fingerprint density at radius 2 is 2.03 bits per heavy atom. The number of aryl methyl sites for hydroxylation is 2. The highest BCUT2D eigenvalue weighted by molar-refractivity contribution is 7.89. The average molecular weight is 420 g/mol. The van der Waals surface area contributed by atoms with Crippen molar-refractivity contribution < 1.29 is 17.7 Å². The number of rotatable bonds is 7. The fourth-order valence-electron chi connectivity index (χ4n) is 3.94. The lowest BCUT2D eigenvalue weighted by Gasteiger charge is -2.31. The van der Waals surface area contributed by atoms with Crippen molar-refractivity contribution in [2.24, 2.45) is 5.92 Å². The molecule has 1 fully saturated rings. The van der Waals surface area contributed by atoms with Gasteiger partial charge in [-0.15, -0.1) is 0 Å². The first-order chi connectivity index (χ1) is 13.8. The number of piperidine rings is 1. The Labute approximate surface area is 172 Å². The maximum Gasteiger partial charge on any atom is 0.248 e. The molecule has 0 bridgehead atoms. The molecule has 7 nitrogen and oxygen atoms in total. The second-order valence-electron chi connectivity index (χ2n) is 7.62. The summed E-state index contributed by atoms with van der Waals surface area (Å²) in [5.74, 6) is 0.0823. The molecule has 2 aromatic rings. The second kappa shape index (κ2) is 9.09. The smallest absolute Gasteiger partial charge is 0.248 e. The normalized spacial score (nSPS) is 19.1. The van der Waals surface area contributed by atoms with Crippen molar-refractivity contribution in [2.45, 2.75) is 50.8 Å². The summed E-state index contributed by atoms with van der Waals surface area (Å²) < 4.78 is 32.5. The number of hydrogen-bond donors (Lipinski definition) is 1. The van der Waals surface area contributed by atoms with E-state index in [1.807, 2.05) is 18.2 Å². The maximum atomic E-state index is 13.0. The predicted molar refractivity (Wildman–Crippen MR) is 110 cm³/mol. The Morgan fingerprint density at radius 3 is 2.66 bits per heavy atom. The molecule has 1 aromatic carbocycles. The van der Waals surface area contributed by atoms with E-state index in [2.05, 4.69) is 29.5 Å². The number of nitrogens with one attached hydrogen (secondary N) is 1. The van der Waals surface area contributed by atoms with E-state index in [1.54, 1.807) is 13.8 Å². The van der Waals surface area contributed by atoms with Crippen LogP contribution in [0.4, 0.5) is 0 Å². The number of aromatic nitrogens is 1. The zero-order valence-electron chi connectivity index (χ0n) is 17.2. The van der Waals surface area contributed by atoms with Crippen molar-refractivity contribution in [1.29, 1.82) is 0 Å². The first-order valence-electron chi connectivity index (χ1n) is 10.1. The number of benzene rings is 1. The van der Waals surface area contributed by atoms with Gasteiger partial charge in [0.1, 0.15) is 10.6 Å². The Hall–Kier alpha value is -2.19. The fourth-order valence-corrected chi connectivity index (χ4v) is 5.75. The summed E-state index contributed by atoms with van der Waals surface area (Å²) in [6.45, 7) is 6.44. The molecule has 2 heterocycles. The van der Waals surface area contributed by atoms with Crippen LogP contribution in [0.1, 0.15) is 49.1 Å². The molecule has 29 heavy (non-hydrogen) atoms. The van der Waals surface area contributed by atoms with E-state index in [4.69, 9.17) is 4.52 Å². The summed E-state index contributed by atoms with van der Waals surface area (Å²) in [5, 5.41) is 6.80. The highest BCUT2D eigenvalue weighted by Gasteiger charge is 2.36. The molecule has 0 saturated carbocycles. The van der Waals surface area contributed by atoms with Crippen LogP contribution in [-0.4, -0.2) is 43.4 Å². The second-order valence-corrected chi connectivity index (χ2v) is 9.49. The number of nitrogens with zero attached hydrogens (tertiary/aromatic N) is 2.